The first-order valence-electron chi connectivity index (χ1n) is 10.1. The van der Waals surface area contributed by atoms with Crippen molar-refractivity contribution in [1.82, 2.24) is 4.31 Å². The molecule has 0 radical (unpaired) electrons. The lowest BCUT2D eigenvalue weighted by atomic mass is 9.99. The standard InChI is InChI=1S/C23H24F3NO4S/c1-3-31-22(28)15-19-14-21(9-4-16(19)2)32(29,30)27-12-10-18(11-13-27)17-5-7-20(8-6-17)23(24,25)26/h4-10,14H,3,11-13,15H2,1-2H3. The maximum atomic E-state index is 13.1. The highest BCUT2D eigenvalue weighted by Gasteiger charge is 2.31. The first-order valence-corrected chi connectivity index (χ1v) is 11.6. The summed E-state index contributed by atoms with van der Waals surface area (Å²) in [5, 5.41) is 0. The van der Waals surface area contributed by atoms with Crippen LogP contribution in [0.2, 0.25) is 0 Å². The van der Waals surface area contributed by atoms with Crippen LogP contribution in [0, 0.1) is 6.92 Å². The third-order valence-electron chi connectivity index (χ3n) is 5.35. The number of rotatable bonds is 6. The summed E-state index contributed by atoms with van der Waals surface area (Å²) in [5.41, 5.74) is 2.10. The zero-order chi connectivity index (χ0) is 23.5. The van der Waals surface area contributed by atoms with Gasteiger partial charge in [-0.05, 0) is 66.8 Å². The number of carbonyl (C=O) groups excluding carboxylic acids is 1. The highest BCUT2D eigenvalue weighted by Crippen LogP contribution is 2.32. The topological polar surface area (TPSA) is 63.7 Å². The van der Waals surface area contributed by atoms with Gasteiger partial charge in [0.25, 0.3) is 0 Å². The number of halogens is 3. The van der Waals surface area contributed by atoms with Crippen LogP contribution in [0.15, 0.2) is 53.4 Å². The monoisotopic (exact) mass is 467 g/mol. The Balaban J connectivity index is 1.77. The van der Waals surface area contributed by atoms with Crippen LogP contribution in [0.25, 0.3) is 5.57 Å². The van der Waals surface area contributed by atoms with Crippen molar-refractivity contribution in [2.45, 2.75) is 37.8 Å². The molecule has 0 amide bonds. The predicted octanol–water partition coefficient (Wildman–Crippen LogP) is 4.60. The summed E-state index contributed by atoms with van der Waals surface area (Å²) < 4.78 is 70.8. The third kappa shape index (κ3) is 5.39. The molecule has 9 heteroatoms. The smallest absolute Gasteiger partial charge is 0.416 e. The fourth-order valence-electron chi connectivity index (χ4n) is 3.52. The Morgan fingerprint density at radius 2 is 1.81 bits per heavy atom. The van der Waals surface area contributed by atoms with Gasteiger partial charge >= 0.3 is 12.1 Å². The Morgan fingerprint density at radius 1 is 1.12 bits per heavy atom. The van der Waals surface area contributed by atoms with Crippen LogP contribution < -0.4 is 0 Å². The zero-order valence-corrected chi connectivity index (χ0v) is 18.6. The zero-order valence-electron chi connectivity index (χ0n) is 17.8. The van der Waals surface area contributed by atoms with Gasteiger partial charge < -0.3 is 4.74 Å². The summed E-state index contributed by atoms with van der Waals surface area (Å²) in [4.78, 5) is 11.9. The van der Waals surface area contributed by atoms with Crippen LogP contribution in [0.5, 0.6) is 0 Å². The molecule has 0 N–H and O–H groups in total. The van der Waals surface area contributed by atoms with Crippen molar-refractivity contribution in [2.75, 3.05) is 19.7 Å². The van der Waals surface area contributed by atoms with Gasteiger partial charge in [-0.2, -0.15) is 17.5 Å². The first-order chi connectivity index (χ1) is 15.0. The van der Waals surface area contributed by atoms with E-state index in [0.29, 0.717) is 17.5 Å². The summed E-state index contributed by atoms with van der Waals surface area (Å²) >= 11 is 0. The molecule has 0 fully saturated rings. The van der Waals surface area contributed by atoms with Crippen LogP contribution in [-0.4, -0.2) is 38.4 Å². The lowest BCUT2D eigenvalue weighted by Gasteiger charge is -2.26. The fraction of sp³-hybridized carbons (Fsp3) is 0.348. The average molecular weight is 468 g/mol. The molecular weight excluding hydrogens is 443 g/mol. The van der Waals surface area contributed by atoms with E-state index < -0.39 is 27.7 Å². The first kappa shape index (κ1) is 24.0. The molecule has 1 aliphatic rings. The van der Waals surface area contributed by atoms with Crippen LogP contribution in [0.1, 0.15) is 35.6 Å². The lowest BCUT2D eigenvalue weighted by molar-refractivity contribution is -0.142. The van der Waals surface area contributed by atoms with Crippen molar-refractivity contribution in [2.24, 2.45) is 0 Å². The number of nitrogens with zero attached hydrogens (tertiary/aromatic N) is 1. The molecule has 0 atom stereocenters. The SMILES string of the molecule is CCOC(=O)Cc1cc(S(=O)(=O)N2CC=C(c3ccc(C(F)(F)F)cc3)CC2)ccc1C. The molecule has 172 valence electrons. The van der Waals surface area contributed by atoms with Crippen LogP contribution >= 0.6 is 0 Å². The Bertz CT molecular complexity index is 1120. The molecule has 0 unspecified atom stereocenters. The molecule has 1 aliphatic heterocycles. The second-order valence-corrected chi connectivity index (χ2v) is 9.43. The van der Waals surface area contributed by atoms with E-state index in [4.69, 9.17) is 4.74 Å². The van der Waals surface area contributed by atoms with Gasteiger partial charge in [0, 0.05) is 13.1 Å². The number of hydrogen-bond donors (Lipinski definition) is 0. The molecule has 5 nitrogen and oxygen atoms in total. The van der Waals surface area contributed by atoms with Gasteiger partial charge in [-0.1, -0.05) is 24.3 Å². The molecular formula is C23H24F3NO4S. The minimum absolute atomic E-state index is 0.0129. The largest absolute Gasteiger partial charge is 0.466 e. The minimum Gasteiger partial charge on any atom is -0.466 e. The van der Waals surface area contributed by atoms with Crippen molar-refractivity contribution in [3.8, 4) is 0 Å². The highest BCUT2D eigenvalue weighted by molar-refractivity contribution is 7.89. The molecule has 0 spiro atoms. The van der Waals surface area contributed by atoms with Gasteiger partial charge in [0.2, 0.25) is 10.0 Å². The van der Waals surface area contributed by atoms with E-state index in [2.05, 4.69) is 0 Å². The van der Waals surface area contributed by atoms with Crippen molar-refractivity contribution in [1.29, 1.82) is 0 Å². The number of ether oxygens (including phenoxy) is 1. The molecule has 0 bridgehead atoms. The van der Waals surface area contributed by atoms with Gasteiger partial charge in [0.05, 0.1) is 23.5 Å². The van der Waals surface area contributed by atoms with E-state index >= 15 is 0 Å². The number of alkyl halides is 3. The number of hydrogen-bond acceptors (Lipinski definition) is 4. The Labute approximate surface area is 185 Å². The molecule has 0 aromatic heterocycles. The van der Waals surface area contributed by atoms with Gasteiger partial charge in [-0.3, -0.25) is 4.79 Å². The maximum Gasteiger partial charge on any atom is 0.416 e. The number of esters is 1. The molecule has 2 aromatic carbocycles. The van der Waals surface area contributed by atoms with E-state index in [-0.39, 0.29) is 31.0 Å². The quantitative estimate of drug-likeness (QED) is 0.583. The Hall–Kier alpha value is -2.65. The molecule has 32 heavy (non-hydrogen) atoms. The number of aryl methyl sites for hydroxylation is 1. The van der Waals surface area contributed by atoms with E-state index in [1.165, 1.54) is 28.6 Å². The second-order valence-electron chi connectivity index (χ2n) is 7.49. The molecule has 0 aliphatic carbocycles. The highest BCUT2D eigenvalue weighted by atomic mass is 32.2. The molecule has 0 saturated heterocycles. The third-order valence-corrected chi connectivity index (χ3v) is 7.21. The summed E-state index contributed by atoms with van der Waals surface area (Å²) in [6.07, 6.45) is -2.31. The lowest BCUT2D eigenvalue weighted by Crippen LogP contribution is -2.34. The van der Waals surface area contributed by atoms with Crippen molar-refractivity contribution < 1.29 is 31.1 Å². The fourth-order valence-corrected chi connectivity index (χ4v) is 4.95. The van der Waals surface area contributed by atoms with Gasteiger partial charge in [0.1, 0.15) is 0 Å². The van der Waals surface area contributed by atoms with E-state index in [1.54, 1.807) is 26.0 Å². The summed E-state index contributed by atoms with van der Waals surface area (Å²) in [5.74, 6) is -0.424. The van der Waals surface area contributed by atoms with E-state index in [9.17, 15) is 26.4 Å². The van der Waals surface area contributed by atoms with Gasteiger partial charge in [-0.25, -0.2) is 8.42 Å². The van der Waals surface area contributed by atoms with Crippen molar-refractivity contribution >= 4 is 21.6 Å². The number of sulfonamides is 1. The summed E-state index contributed by atoms with van der Waals surface area (Å²) in [7, 11) is -3.79. The molecule has 1 heterocycles. The molecule has 2 aromatic rings. The Morgan fingerprint density at radius 3 is 2.38 bits per heavy atom. The second kappa shape index (κ2) is 9.46. The van der Waals surface area contributed by atoms with Crippen LogP contribution in [0.4, 0.5) is 13.2 Å². The van der Waals surface area contributed by atoms with Crippen molar-refractivity contribution in [3.05, 3.63) is 70.8 Å². The number of benzene rings is 2. The van der Waals surface area contributed by atoms with E-state index in [0.717, 1.165) is 23.3 Å². The predicted molar refractivity (Wildman–Crippen MR) is 114 cm³/mol. The Kier molecular flexibility index (Phi) is 7.09. The van der Waals surface area contributed by atoms with Crippen molar-refractivity contribution in [3.63, 3.8) is 0 Å². The average Bonchev–Trinajstić information content (AvgIpc) is 2.75. The molecule has 3 rings (SSSR count). The minimum atomic E-state index is -4.40. The number of carbonyl (C=O) groups is 1. The maximum absolute atomic E-state index is 13.1. The molecule has 0 saturated carbocycles. The van der Waals surface area contributed by atoms with E-state index in [1.807, 2.05) is 0 Å². The van der Waals surface area contributed by atoms with Crippen LogP contribution in [0.3, 0.4) is 0 Å². The van der Waals surface area contributed by atoms with Crippen LogP contribution in [-0.2, 0) is 32.2 Å². The summed E-state index contributed by atoms with van der Waals surface area (Å²) in [6.45, 7) is 4.06. The van der Waals surface area contributed by atoms with Gasteiger partial charge in [-0.15, -0.1) is 0 Å². The summed E-state index contributed by atoms with van der Waals surface area (Å²) in [6, 6.07) is 9.52. The van der Waals surface area contributed by atoms with Gasteiger partial charge in [0.15, 0.2) is 0 Å². The normalized spacial score (nSPS) is 15.3.